The van der Waals surface area contributed by atoms with Gasteiger partial charge in [0.15, 0.2) is 23.0 Å². The van der Waals surface area contributed by atoms with Gasteiger partial charge in [0.05, 0.1) is 5.56 Å². The van der Waals surface area contributed by atoms with Crippen molar-refractivity contribution in [3.05, 3.63) is 29.3 Å². The molecule has 2 rings (SSSR count). The van der Waals surface area contributed by atoms with Crippen LogP contribution in [-0.2, 0) is 0 Å². The lowest BCUT2D eigenvalue weighted by molar-refractivity contribution is 0.102. The van der Waals surface area contributed by atoms with Gasteiger partial charge in [-0.25, -0.2) is 0 Å². The van der Waals surface area contributed by atoms with Crippen molar-refractivity contribution in [2.24, 2.45) is 0 Å². The van der Waals surface area contributed by atoms with E-state index in [2.05, 4.69) is 0 Å². The Morgan fingerprint density at radius 2 is 1.24 bits per heavy atom. The molecular weight excluding hydrogens is 284 g/mol. The Bertz CT molecular complexity index is 751. The normalized spacial score (nSPS) is 10.5. The van der Waals surface area contributed by atoms with Crippen LogP contribution in [0.15, 0.2) is 18.2 Å². The summed E-state index contributed by atoms with van der Waals surface area (Å²) < 4.78 is 0. The molecule has 0 amide bonds. The molecule has 0 bridgehead atoms. The van der Waals surface area contributed by atoms with Gasteiger partial charge in [0.2, 0.25) is 17.3 Å². The maximum Gasteiger partial charge on any atom is 0.204 e. The van der Waals surface area contributed by atoms with Crippen LogP contribution in [0.3, 0.4) is 0 Å². The second-order valence-corrected chi connectivity index (χ2v) is 4.15. The maximum atomic E-state index is 12.2. The molecule has 7 N–H and O–H groups in total. The van der Waals surface area contributed by atoms with Crippen LogP contribution in [-0.4, -0.2) is 41.5 Å². The molecule has 0 aliphatic rings. The van der Waals surface area contributed by atoms with E-state index in [0.29, 0.717) is 6.07 Å². The quantitative estimate of drug-likeness (QED) is 0.244. The van der Waals surface area contributed by atoms with Gasteiger partial charge in [0.1, 0.15) is 11.3 Å². The van der Waals surface area contributed by atoms with E-state index in [0.717, 1.165) is 12.1 Å². The highest BCUT2D eigenvalue weighted by Gasteiger charge is 2.27. The summed E-state index contributed by atoms with van der Waals surface area (Å²) in [4.78, 5) is 12.2. The zero-order chi connectivity index (χ0) is 15.9. The van der Waals surface area contributed by atoms with Gasteiger partial charge in [-0.2, -0.15) is 0 Å². The minimum absolute atomic E-state index is 0.541. The van der Waals surface area contributed by atoms with Crippen LogP contribution in [0.5, 0.6) is 40.2 Å². The molecule has 0 spiro atoms. The zero-order valence-electron chi connectivity index (χ0n) is 10.3. The zero-order valence-corrected chi connectivity index (χ0v) is 10.3. The number of benzene rings is 2. The van der Waals surface area contributed by atoms with Crippen molar-refractivity contribution in [2.45, 2.75) is 0 Å². The van der Waals surface area contributed by atoms with E-state index in [1.54, 1.807) is 0 Å². The Kier molecular flexibility index (Phi) is 3.14. The minimum Gasteiger partial charge on any atom is -0.507 e. The fourth-order valence-corrected chi connectivity index (χ4v) is 1.74. The number of carbonyl (C=O) groups is 1. The monoisotopic (exact) mass is 294 g/mol. The fourth-order valence-electron chi connectivity index (χ4n) is 1.74. The third-order valence-electron chi connectivity index (χ3n) is 2.83. The van der Waals surface area contributed by atoms with Crippen LogP contribution in [0.4, 0.5) is 0 Å². The molecule has 0 aliphatic carbocycles. The predicted octanol–water partition coefficient (Wildman–Crippen LogP) is 0.857. The van der Waals surface area contributed by atoms with E-state index >= 15 is 0 Å². The first-order valence-electron chi connectivity index (χ1n) is 5.51. The van der Waals surface area contributed by atoms with Crippen molar-refractivity contribution < 1.29 is 40.5 Å². The fraction of sp³-hybridized carbons (Fsp3) is 0. The van der Waals surface area contributed by atoms with Gasteiger partial charge in [0.25, 0.3) is 0 Å². The Balaban J connectivity index is 2.67. The van der Waals surface area contributed by atoms with E-state index in [9.17, 15) is 40.5 Å². The van der Waals surface area contributed by atoms with Crippen LogP contribution in [0.1, 0.15) is 15.9 Å². The number of hydrogen-bond acceptors (Lipinski definition) is 8. The third kappa shape index (κ3) is 2.08. The van der Waals surface area contributed by atoms with Crippen molar-refractivity contribution >= 4 is 5.78 Å². The first-order chi connectivity index (χ1) is 9.75. The summed E-state index contributed by atoms with van der Waals surface area (Å²) in [5.41, 5.74) is -1.33. The van der Waals surface area contributed by atoms with Crippen molar-refractivity contribution in [1.82, 2.24) is 0 Å². The molecule has 0 fully saturated rings. The SMILES string of the molecule is O=C(c1ccc(O)c(O)c1O)c1c(O)cc(O)c(O)c1O. The molecule has 0 aromatic heterocycles. The number of ketones is 1. The molecule has 8 nitrogen and oxygen atoms in total. The number of hydrogen-bond donors (Lipinski definition) is 7. The van der Waals surface area contributed by atoms with E-state index in [4.69, 9.17) is 0 Å². The van der Waals surface area contributed by atoms with Gasteiger partial charge in [-0.1, -0.05) is 0 Å². The molecular formula is C13H10O8. The molecule has 2 aromatic carbocycles. The summed E-state index contributed by atoms with van der Waals surface area (Å²) in [6, 6.07) is 2.48. The second-order valence-electron chi connectivity index (χ2n) is 4.15. The number of phenols is 7. The van der Waals surface area contributed by atoms with E-state index < -0.39 is 57.2 Å². The number of aromatic hydroxyl groups is 7. The Morgan fingerprint density at radius 1 is 0.667 bits per heavy atom. The first-order valence-corrected chi connectivity index (χ1v) is 5.51. The smallest absolute Gasteiger partial charge is 0.204 e. The summed E-state index contributed by atoms with van der Waals surface area (Å²) in [5, 5.41) is 65.9. The molecule has 110 valence electrons. The third-order valence-corrected chi connectivity index (χ3v) is 2.83. The Morgan fingerprint density at radius 3 is 1.86 bits per heavy atom. The summed E-state index contributed by atoms with van der Waals surface area (Å²) in [7, 11) is 0. The Hall–Kier alpha value is -3.29. The van der Waals surface area contributed by atoms with Crippen LogP contribution >= 0.6 is 0 Å². The van der Waals surface area contributed by atoms with Gasteiger partial charge in [-0.3, -0.25) is 4.79 Å². The van der Waals surface area contributed by atoms with E-state index in [-0.39, 0.29) is 0 Å². The first kappa shape index (κ1) is 14.1. The molecule has 0 radical (unpaired) electrons. The van der Waals surface area contributed by atoms with Crippen molar-refractivity contribution in [2.75, 3.05) is 0 Å². The predicted molar refractivity (Wildman–Crippen MR) is 68.0 cm³/mol. The maximum absolute atomic E-state index is 12.2. The highest BCUT2D eigenvalue weighted by atomic mass is 16.3. The van der Waals surface area contributed by atoms with Gasteiger partial charge >= 0.3 is 0 Å². The number of phenolic OH excluding ortho intramolecular Hbond substituents is 7. The second kappa shape index (κ2) is 4.67. The number of rotatable bonds is 2. The highest BCUT2D eigenvalue weighted by molar-refractivity contribution is 6.15. The summed E-state index contributed by atoms with van der Waals surface area (Å²) in [6.07, 6.45) is 0. The lowest BCUT2D eigenvalue weighted by Crippen LogP contribution is -2.03. The van der Waals surface area contributed by atoms with Gasteiger partial charge < -0.3 is 35.7 Å². The highest BCUT2D eigenvalue weighted by Crippen LogP contribution is 2.45. The average Bonchev–Trinajstić information content (AvgIpc) is 2.42. The molecule has 0 aliphatic heterocycles. The van der Waals surface area contributed by atoms with Crippen molar-refractivity contribution in [3.63, 3.8) is 0 Å². The largest absolute Gasteiger partial charge is 0.507 e. The lowest BCUT2D eigenvalue weighted by Gasteiger charge is -2.11. The molecule has 0 heterocycles. The van der Waals surface area contributed by atoms with Crippen LogP contribution < -0.4 is 0 Å². The topological polar surface area (TPSA) is 159 Å². The summed E-state index contributed by atoms with van der Waals surface area (Å²) >= 11 is 0. The molecule has 2 aromatic rings. The average molecular weight is 294 g/mol. The summed E-state index contributed by atoms with van der Waals surface area (Å²) in [5.74, 6) is -7.56. The van der Waals surface area contributed by atoms with Gasteiger partial charge in [-0.15, -0.1) is 0 Å². The molecule has 0 saturated carbocycles. The van der Waals surface area contributed by atoms with Crippen LogP contribution in [0, 0.1) is 0 Å². The Labute approximate surface area is 117 Å². The molecule has 8 heteroatoms. The standard InChI is InChI=1S/C13H10O8/c14-5-2-1-4(10(18)11(5)19)9(17)8-6(15)3-7(16)12(20)13(8)21/h1-3,14-16,18-21H. The lowest BCUT2D eigenvalue weighted by atomic mass is 9.99. The minimum atomic E-state index is -1.15. The summed E-state index contributed by atoms with van der Waals surface area (Å²) in [6.45, 7) is 0. The van der Waals surface area contributed by atoms with E-state index in [1.807, 2.05) is 0 Å². The van der Waals surface area contributed by atoms with Crippen LogP contribution in [0.2, 0.25) is 0 Å². The van der Waals surface area contributed by atoms with E-state index in [1.165, 1.54) is 0 Å². The van der Waals surface area contributed by atoms with Gasteiger partial charge in [0, 0.05) is 6.07 Å². The van der Waals surface area contributed by atoms with Crippen molar-refractivity contribution in [3.8, 4) is 40.2 Å². The molecule has 0 saturated heterocycles. The molecule has 0 unspecified atom stereocenters. The number of carbonyl (C=O) groups excluding carboxylic acids is 1. The van der Waals surface area contributed by atoms with Crippen LogP contribution in [0.25, 0.3) is 0 Å². The molecule has 0 atom stereocenters. The van der Waals surface area contributed by atoms with Gasteiger partial charge in [-0.05, 0) is 12.1 Å². The molecule has 21 heavy (non-hydrogen) atoms. The van der Waals surface area contributed by atoms with Crippen molar-refractivity contribution in [1.29, 1.82) is 0 Å².